The van der Waals surface area contributed by atoms with Crippen molar-refractivity contribution in [3.63, 3.8) is 0 Å². The molecular weight excluding hydrogens is 280 g/mol. The molecule has 0 N–H and O–H groups in total. The molecule has 0 aromatic heterocycles. The molecule has 0 aromatic carbocycles. The molecule has 0 saturated carbocycles. The van der Waals surface area contributed by atoms with Crippen LogP contribution in [-0.2, 0) is 14.3 Å². The van der Waals surface area contributed by atoms with Crippen molar-refractivity contribution in [2.24, 2.45) is 11.3 Å². The lowest BCUT2D eigenvalue weighted by Gasteiger charge is -2.37. The van der Waals surface area contributed by atoms with Crippen LogP contribution in [0.15, 0.2) is 0 Å². The van der Waals surface area contributed by atoms with E-state index in [0.717, 1.165) is 25.9 Å². The summed E-state index contributed by atoms with van der Waals surface area (Å²) in [5, 5.41) is 0. The fraction of sp³-hybridized carbons (Fsp3) is 0.882. The average molecular weight is 310 g/mol. The fourth-order valence-electron chi connectivity index (χ4n) is 3.27. The average Bonchev–Trinajstić information content (AvgIpc) is 2.99. The molecule has 2 rings (SSSR count). The minimum atomic E-state index is -0.362. The Morgan fingerprint density at radius 2 is 1.77 bits per heavy atom. The highest BCUT2D eigenvalue weighted by Gasteiger charge is 2.33. The van der Waals surface area contributed by atoms with Gasteiger partial charge >= 0.3 is 0 Å². The Morgan fingerprint density at radius 3 is 2.36 bits per heavy atom. The van der Waals surface area contributed by atoms with Crippen LogP contribution in [0.2, 0.25) is 0 Å². The van der Waals surface area contributed by atoms with E-state index in [4.69, 9.17) is 4.74 Å². The molecule has 2 saturated heterocycles. The first-order valence-corrected chi connectivity index (χ1v) is 8.49. The lowest BCUT2D eigenvalue weighted by molar-refractivity contribution is -0.148. The Bertz CT molecular complexity index is 411. The van der Waals surface area contributed by atoms with E-state index in [-0.39, 0.29) is 29.3 Å². The van der Waals surface area contributed by atoms with Crippen molar-refractivity contribution < 1.29 is 14.3 Å². The maximum absolute atomic E-state index is 12.4. The number of nitrogens with zero attached hydrogens (tertiary/aromatic N) is 2. The molecule has 2 heterocycles. The predicted molar refractivity (Wildman–Crippen MR) is 85.4 cm³/mol. The summed E-state index contributed by atoms with van der Waals surface area (Å²) in [6, 6.07) is 0. The second-order valence-corrected chi connectivity index (χ2v) is 7.66. The van der Waals surface area contributed by atoms with Crippen LogP contribution >= 0.6 is 0 Å². The van der Waals surface area contributed by atoms with E-state index in [1.807, 2.05) is 37.5 Å². The molecule has 5 nitrogen and oxygen atoms in total. The minimum absolute atomic E-state index is 0.0263. The Morgan fingerprint density at radius 1 is 1.14 bits per heavy atom. The highest BCUT2D eigenvalue weighted by Crippen LogP contribution is 2.23. The first-order valence-electron chi connectivity index (χ1n) is 8.49. The van der Waals surface area contributed by atoms with Crippen molar-refractivity contribution >= 4 is 11.8 Å². The normalized spacial score (nSPS) is 24.5. The molecule has 126 valence electrons. The van der Waals surface area contributed by atoms with Gasteiger partial charge in [-0.3, -0.25) is 9.59 Å². The Kier molecular flexibility index (Phi) is 5.48. The number of hydrogen-bond acceptors (Lipinski definition) is 3. The minimum Gasteiger partial charge on any atom is -0.375 e. The molecule has 2 aliphatic rings. The van der Waals surface area contributed by atoms with Gasteiger partial charge in [-0.05, 0) is 19.3 Å². The van der Waals surface area contributed by atoms with Crippen LogP contribution in [0, 0.1) is 11.3 Å². The van der Waals surface area contributed by atoms with E-state index in [1.54, 1.807) is 0 Å². The number of morpholine rings is 1. The second kappa shape index (κ2) is 6.99. The summed E-state index contributed by atoms with van der Waals surface area (Å²) in [6.45, 7) is 11.4. The third-order valence-electron chi connectivity index (χ3n) is 4.52. The van der Waals surface area contributed by atoms with E-state index in [1.165, 1.54) is 0 Å². The first kappa shape index (κ1) is 17.3. The van der Waals surface area contributed by atoms with Gasteiger partial charge in [-0.15, -0.1) is 0 Å². The lowest BCUT2D eigenvalue weighted by Crippen LogP contribution is -2.50. The number of likely N-dealkylation sites (tertiary alicyclic amines) is 1. The molecule has 0 spiro atoms. The first-order chi connectivity index (χ1) is 10.3. The van der Waals surface area contributed by atoms with Gasteiger partial charge in [-0.1, -0.05) is 27.7 Å². The number of ether oxygens (including phenoxy) is 1. The van der Waals surface area contributed by atoms with Crippen LogP contribution < -0.4 is 0 Å². The summed E-state index contributed by atoms with van der Waals surface area (Å²) >= 11 is 0. The standard InChI is InChI=1S/C17H30N2O3/c1-13(15(20)18-7-5-6-8-18)11-14-12-19(9-10-22-14)16(21)17(2,3)4/h13-14H,5-12H2,1-4H3. The molecule has 2 aliphatic heterocycles. The van der Waals surface area contributed by atoms with Gasteiger partial charge in [0.2, 0.25) is 11.8 Å². The molecule has 0 bridgehead atoms. The van der Waals surface area contributed by atoms with Crippen molar-refractivity contribution in [1.82, 2.24) is 9.80 Å². The summed E-state index contributed by atoms with van der Waals surface area (Å²) in [7, 11) is 0. The molecular formula is C17H30N2O3. The zero-order valence-corrected chi connectivity index (χ0v) is 14.4. The van der Waals surface area contributed by atoms with E-state index >= 15 is 0 Å². The van der Waals surface area contributed by atoms with Gasteiger partial charge in [0.25, 0.3) is 0 Å². The summed E-state index contributed by atoms with van der Waals surface area (Å²) in [5.74, 6) is 0.368. The van der Waals surface area contributed by atoms with Crippen molar-refractivity contribution in [3.8, 4) is 0 Å². The van der Waals surface area contributed by atoms with E-state index in [0.29, 0.717) is 26.1 Å². The molecule has 0 aromatic rings. The molecule has 0 aliphatic carbocycles. The molecule has 22 heavy (non-hydrogen) atoms. The van der Waals surface area contributed by atoms with Crippen molar-refractivity contribution in [2.45, 2.75) is 53.1 Å². The number of carbonyl (C=O) groups is 2. The molecule has 2 atom stereocenters. The summed E-state index contributed by atoms with van der Waals surface area (Å²) in [4.78, 5) is 28.6. The smallest absolute Gasteiger partial charge is 0.228 e. The largest absolute Gasteiger partial charge is 0.375 e. The van der Waals surface area contributed by atoms with Gasteiger partial charge in [0.1, 0.15) is 0 Å². The van der Waals surface area contributed by atoms with Crippen LogP contribution in [0.1, 0.15) is 47.0 Å². The Hall–Kier alpha value is -1.10. The van der Waals surface area contributed by atoms with Gasteiger partial charge in [0, 0.05) is 37.5 Å². The van der Waals surface area contributed by atoms with Gasteiger partial charge < -0.3 is 14.5 Å². The van der Waals surface area contributed by atoms with Gasteiger partial charge in [-0.2, -0.15) is 0 Å². The SMILES string of the molecule is CC(CC1CN(C(=O)C(C)(C)C)CCO1)C(=O)N1CCCC1. The quantitative estimate of drug-likeness (QED) is 0.800. The van der Waals surface area contributed by atoms with Gasteiger partial charge in [-0.25, -0.2) is 0 Å². The topological polar surface area (TPSA) is 49.9 Å². The number of rotatable bonds is 3. The maximum Gasteiger partial charge on any atom is 0.228 e. The van der Waals surface area contributed by atoms with Gasteiger partial charge in [0.15, 0.2) is 0 Å². The summed E-state index contributed by atoms with van der Waals surface area (Å²) in [6.07, 6.45) is 2.91. The van der Waals surface area contributed by atoms with Crippen LogP contribution in [0.25, 0.3) is 0 Å². The second-order valence-electron chi connectivity index (χ2n) is 7.66. The van der Waals surface area contributed by atoms with Crippen LogP contribution in [0.4, 0.5) is 0 Å². The molecule has 2 fully saturated rings. The molecule has 2 unspecified atom stereocenters. The summed E-state index contributed by atoms with van der Waals surface area (Å²) < 4.78 is 5.79. The van der Waals surface area contributed by atoms with Crippen LogP contribution in [-0.4, -0.2) is 60.5 Å². The zero-order chi connectivity index (χ0) is 16.3. The van der Waals surface area contributed by atoms with E-state index in [2.05, 4.69) is 0 Å². The van der Waals surface area contributed by atoms with Crippen molar-refractivity contribution in [2.75, 3.05) is 32.8 Å². The Labute approximate surface area is 134 Å². The maximum atomic E-state index is 12.4. The molecule has 2 amide bonds. The molecule has 5 heteroatoms. The highest BCUT2D eigenvalue weighted by molar-refractivity contribution is 5.81. The van der Waals surface area contributed by atoms with Crippen LogP contribution in [0.3, 0.4) is 0 Å². The Balaban J connectivity index is 1.87. The summed E-state index contributed by atoms with van der Waals surface area (Å²) in [5.41, 5.74) is -0.362. The lowest BCUT2D eigenvalue weighted by atomic mass is 9.93. The van der Waals surface area contributed by atoms with Crippen molar-refractivity contribution in [3.05, 3.63) is 0 Å². The number of carbonyl (C=O) groups excluding carboxylic acids is 2. The van der Waals surface area contributed by atoms with E-state index < -0.39 is 0 Å². The van der Waals surface area contributed by atoms with E-state index in [9.17, 15) is 9.59 Å². The number of hydrogen-bond donors (Lipinski definition) is 0. The highest BCUT2D eigenvalue weighted by atomic mass is 16.5. The fourth-order valence-corrected chi connectivity index (χ4v) is 3.27. The monoisotopic (exact) mass is 310 g/mol. The third-order valence-corrected chi connectivity index (χ3v) is 4.52. The third kappa shape index (κ3) is 4.22. The zero-order valence-electron chi connectivity index (χ0n) is 14.4. The van der Waals surface area contributed by atoms with Crippen LogP contribution in [0.5, 0.6) is 0 Å². The predicted octanol–water partition coefficient (Wildman–Crippen LogP) is 1.91. The van der Waals surface area contributed by atoms with Crippen molar-refractivity contribution in [1.29, 1.82) is 0 Å². The molecule has 0 radical (unpaired) electrons. The number of amides is 2. The van der Waals surface area contributed by atoms with Gasteiger partial charge in [0.05, 0.1) is 12.7 Å².